The van der Waals surface area contributed by atoms with Gasteiger partial charge in [-0.25, -0.2) is 9.09 Å². The van der Waals surface area contributed by atoms with E-state index in [-0.39, 0.29) is 0 Å². The summed E-state index contributed by atoms with van der Waals surface area (Å²) in [4.78, 5) is 0. The Morgan fingerprint density at radius 3 is 1.79 bits per heavy atom. The molecule has 4 nitrogen and oxygen atoms in total. The minimum absolute atomic E-state index is 0.368. The molecular formula is C3H3F6O4P. The number of halogens is 6. The second-order valence-electron chi connectivity index (χ2n) is 1.80. The van der Waals surface area contributed by atoms with Crippen LogP contribution in [0, 0.1) is 0 Å². The molecule has 0 aromatic heterocycles. The molecule has 0 saturated carbocycles. The predicted octanol–water partition coefficient (Wildman–Crippen LogP) is 2.81. The predicted molar refractivity (Wildman–Crippen MR) is 28.9 cm³/mol. The maximum Gasteiger partial charge on any atom is 0.510 e. The van der Waals surface area contributed by atoms with Crippen LogP contribution < -0.4 is 0 Å². The van der Waals surface area contributed by atoms with Gasteiger partial charge in [0.2, 0.25) is 0 Å². The van der Waals surface area contributed by atoms with Crippen LogP contribution in [0.5, 0.6) is 0 Å². The summed E-state index contributed by atoms with van der Waals surface area (Å²) in [7, 11) is -5.17. The Labute approximate surface area is 73.3 Å². The lowest BCUT2D eigenvalue weighted by Crippen LogP contribution is -2.38. The molecule has 0 aliphatic carbocycles. The van der Waals surface area contributed by atoms with Gasteiger partial charge in [0.1, 0.15) is 0 Å². The molecule has 1 atom stereocenters. The van der Waals surface area contributed by atoms with Gasteiger partial charge in [0.25, 0.3) is 0 Å². The summed E-state index contributed by atoms with van der Waals surface area (Å²) in [5, 5.41) is 0. The van der Waals surface area contributed by atoms with E-state index in [9.17, 15) is 31.0 Å². The minimum atomic E-state index is -6.15. The van der Waals surface area contributed by atoms with Crippen molar-refractivity contribution in [1.29, 1.82) is 0 Å². The molecule has 0 aromatic rings. The van der Waals surface area contributed by atoms with Crippen molar-refractivity contribution in [3.8, 4) is 0 Å². The van der Waals surface area contributed by atoms with Crippen LogP contribution in [0.25, 0.3) is 0 Å². The molecule has 0 heterocycles. The third kappa shape index (κ3) is 3.12. The zero-order chi connectivity index (χ0) is 11.6. The average Bonchev–Trinajstić information content (AvgIpc) is 2.01. The highest BCUT2D eigenvalue weighted by Crippen LogP contribution is 2.56. The van der Waals surface area contributed by atoms with Crippen molar-refractivity contribution in [2.45, 2.75) is 12.3 Å². The van der Waals surface area contributed by atoms with E-state index >= 15 is 0 Å². The van der Waals surface area contributed by atoms with E-state index in [1.165, 1.54) is 0 Å². The van der Waals surface area contributed by atoms with Crippen molar-refractivity contribution in [2.75, 3.05) is 7.11 Å². The fourth-order valence-corrected chi connectivity index (χ4v) is 0.815. The smallest absolute Gasteiger partial charge is 0.288 e. The molecule has 0 spiro atoms. The Morgan fingerprint density at radius 2 is 1.57 bits per heavy atom. The highest BCUT2D eigenvalue weighted by atomic mass is 31.2. The first kappa shape index (κ1) is 13.7. The van der Waals surface area contributed by atoms with E-state index in [0.717, 1.165) is 0 Å². The Balaban J connectivity index is 4.74. The molecule has 0 rings (SSSR count). The van der Waals surface area contributed by atoms with Gasteiger partial charge in [-0.1, -0.05) is 4.73 Å². The lowest BCUT2D eigenvalue weighted by atomic mass is 10.6. The highest BCUT2D eigenvalue weighted by Gasteiger charge is 2.63. The summed E-state index contributed by atoms with van der Waals surface area (Å²) >= 11 is 0. The van der Waals surface area contributed by atoms with Crippen LogP contribution in [0.15, 0.2) is 0 Å². The standard InChI is InChI=1S/C3H3F6O4P/c1-11-14(10,13-9)12-3(7,8)2(4,5)6/h1H3. The van der Waals surface area contributed by atoms with E-state index in [1.54, 1.807) is 0 Å². The normalized spacial score (nSPS) is 17.9. The lowest BCUT2D eigenvalue weighted by Gasteiger charge is -2.20. The first-order chi connectivity index (χ1) is 6.08. The van der Waals surface area contributed by atoms with Crippen LogP contribution in [0.2, 0.25) is 0 Å². The summed E-state index contributed by atoms with van der Waals surface area (Å²) in [5.41, 5.74) is 0. The number of alkyl halides is 5. The molecule has 0 N–H and O–H groups in total. The first-order valence-corrected chi connectivity index (χ1v) is 4.15. The van der Waals surface area contributed by atoms with Gasteiger partial charge >= 0.3 is 20.1 Å². The molecular weight excluding hydrogens is 245 g/mol. The van der Waals surface area contributed by atoms with Gasteiger partial charge in [-0.15, -0.1) is 0 Å². The second kappa shape index (κ2) is 4.05. The zero-order valence-corrected chi connectivity index (χ0v) is 7.24. The molecule has 86 valence electrons. The summed E-state index contributed by atoms with van der Waals surface area (Å²) in [6, 6.07) is 0. The third-order valence-corrected chi connectivity index (χ3v) is 1.93. The lowest BCUT2D eigenvalue weighted by molar-refractivity contribution is -0.367. The Kier molecular flexibility index (Phi) is 3.96. The van der Waals surface area contributed by atoms with E-state index in [1.807, 2.05) is 0 Å². The van der Waals surface area contributed by atoms with Crippen molar-refractivity contribution in [3.05, 3.63) is 0 Å². The first-order valence-electron chi connectivity index (χ1n) is 2.69. The second-order valence-corrected chi connectivity index (χ2v) is 3.38. The molecule has 0 radical (unpaired) electrons. The van der Waals surface area contributed by atoms with Gasteiger partial charge in [-0.3, -0.25) is 4.52 Å². The molecule has 1 unspecified atom stereocenters. The molecule has 11 heteroatoms. The fraction of sp³-hybridized carbons (Fsp3) is 1.00. The number of hydrogen-bond acceptors (Lipinski definition) is 4. The largest absolute Gasteiger partial charge is 0.510 e. The van der Waals surface area contributed by atoms with Gasteiger partial charge in [0.05, 0.1) is 0 Å². The molecule has 0 amide bonds. The van der Waals surface area contributed by atoms with Gasteiger partial charge in [0.15, 0.2) is 0 Å². The highest BCUT2D eigenvalue weighted by molar-refractivity contribution is 7.48. The van der Waals surface area contributed by atoms with Crippen LogP contribution in [0.1, 0.15) is 0 Å². The summed E-state index contributed by atoms with van der Waals surface area (Å²) in [6.45, 7) is 0. The number of phosphoric ester groups is 1. The quantitative estimate of drug-likeness (QED) is 0.566. The molecule has 0 aliphatic rings. The van der Waals surface area contributed by atoms with Crippen LogP contribution in [0.4, 0.5) is 26.5 Å². The third-order valence-electron chi connectivity index (χ3n) is 0.865. The van der Waals surface area contributed by atoms with Crippen molar-refractivity contribution in [2.24, 2.45) is 0 Å². The van der Waals surface area contributed by atoms with Gasteiger partial charge in [0, 0.05) is 7.11 Å². The molecule has 0 bridgehead atoms. The van der Waals surface area contributed by atoms with Crippen LogP contribution in [-0.4, -0.2) is 19.4 Å². The maximum atomic E-state index is 12.0. The van der Waals surface area contributed by atoms with Crippen molar-refractivity contribution in [1.82, 2.24) is 0 Å². The maximum absolute atomic E-state index is 12.0. The van der Waals surface area contributed by atoms with E-state index < -0.39 is 20.1 Å². The molecule has 0 aromatic carbocycles. The number of phosphoric acid groups is 1. The minimum Gasteiger partial charge on any atom is -0.288 e. The Bertz CT molecular complexity index is 230. The topological polar surface area (TPSA) is 44.8 Å². The van der Waals surface area contributed by atoms with Crippen molar-refractivity contribution < 1.29 is 44.8 Å². The van der Waals surface area contributed by atoms with E-state index in [2.05, 4.69) is 13.8 Å². The molecule has 0 fully saturated rings. The van der Waals surface area contributed by atoms with Crippen LogP contribution in [-0.2, 0) is 18.3 Å². The zero-order valence-electron chi connectivity index (χ0n) is 6.35. The van der Waals surface area contributed by atoms with Crippen LogP contribution in [0.3, 0.4) is 0 Å². The fourth-order valence-electron chi connectivity index (χ4n) is 0.272. The van der Waals surface area contributed by atoms with Crippen molar-refractivity contribution >= 4 is 7.82 Å². The SMILES string of the molecule is COP(=O)(OF)OC(F)(F)C(F)(F)F. The summed E-state index contributed by atoms with van der Waals surface area (Å²) < 4.78 is 88.0. The summed E-state index contributed by atoms with van der Waals surface area (Å²) in [5.74, 6) is 0. The molecule has 14 heavy (non-hydrogen) atoms. The average molecular weight is 248 g/mol. The van der Waals surface area contributed by atoms with Crippen molar-refractivity contribution in [3.63, 3.8) is 0 Å². The number of hydrogen-bond donors (Lipinski definition) is 0. The Hall–Kier alpha value is -0.310. The summed E-state index contributed by atoms with van der Waals surface area (Å²) in [6.07, 6.45) is -12.0. The van der Waals surface area contributed by atoms with Gasteiger partial charge in [-0.05, 0) is 4.53 Å². The van der Waals surface area contributed by atoms with Crippen LogP contribution >= 0.6 is 7.82 Å². The monoisotopic (exact) mass is 248 g/mol. The van der Waals surface area contributed by atoms with Gasteiger partial charge in [-0.2, -0.15) is 22.0 Å². The molecule has 0 saturated heterocycles. The van der Waals surface area contributed by atoms with E-state index in [0.29, 0.717) is 7.11 Å². The molecule has 0 aliphatic heterocycles. The Morgan fingerprint density at radius 1 is 1.14 bits per heavy atom. The van der Waals surface area contributed by atoms with Gasteiger partial charge < -0.3 is 0 Å². The van der Waals surface area contributed by atoms with E-state index in [4.69, 9.17) is 0 Å². The number of rotatable bonds is 4.